The lowest BCUT2D eigenvalue weighted by Crippen LogP contribution is -2.51. The zero-order valence-electron chi connectivity index (χ0n) is 44.2. The summed E-state index contributed by atoms with van der Waals surface area (Å²) in [6.45, 7) is 9.74. The molecule has 0 amide bonds. The predicted octanol–water partition coefficient (Wildman–Crippen LogP) is -10.7. The Balaban J connectivity index is 0.995. The molecule has 7 aromatic carbocycles. The van der Waals surface area contributed by atoms with E-state index in [2.05, 4.69) is 204 Å². The fraction of sp³-hybridized carbons (Fsp3) is 0.115. The van der Waals surface area contributed by atoms with E-state index in [0.29, 0.717) is 5.58 Å². The van der Waals surface area contributed by atoms with E-state index < -0.39 is 0 Å². The molecule has 2 aliphatic rings. The van der Waals surface area contributed by atoms with Gasteiger partial charge in [0.2, 0.25) is 0 Å². The van der Waals surface area contributed by atoms with E-state index in [0.717, 1.165) is 33.3 Å². The summed E-state index contributed by atoms with van der Waals surface area (Å²) in [5, 5.41) is 0.989. The van der Waals surface area contributed by atoms with Gasteiger partial charge in [-0.2, -0.15) is 0 Å². The Hall–Kier alpha value is -5.67. The molecule has 318 valence electrons. The van der Waals surface area contributed by atoms with Crippen LogP contribution < -0.4 is 76.5 Å². The highest BCUT2D eigenvalue weighted by Gasteiger charge is 2.43. The largest absolute Gasteiger partial charge is 0.452 e. The van der Waals surface area contributed by atoms with Gasteiger partial charge in [0, 0.05) is 21.8 Å². The Kier molecular flexibility index (Phi) is 10.2. The Morgan fingerprint density at radius 3 is 1.23 bits per heavy atom. The van der Waals surface area contributed by atoms with Crippen molar-refractivity contribution in [2.24, 2.45) is 0 Å². The van der Waals surface area contributed by atoms with E-state index in [1.54, 1.807) is 6.33 Å². The third-order valence-electron chi connectivity index (χ3n) is 18.2. The summed E-state index contributed by atoms with van der Waals surface area (Å²) in [5.41, 5.74) is 42.6. The number of furan rings is 1. The number of hydrogen-bond acceptors (Lipinski definition) is 3. The monoisotopic (exact) mass is 875 g/mol. The number of nitrogens with zero attached hydrogens (tertiary/aromatic N) is 2. The van der Waals surface area contributed by atoms with E-state index in [1.807, 2.05) is 0 Å². The summed E-state index contributed by atoms with van der Waals surface area (Å²) in [4.78, 5) is 9.82. The Labute approximate surface area is 421 Å². The molecular weight excluding hydrogens is 820 g/mol. The van der Waals surface area contributed by atoms with Crippen LogP contribution in [0.2, 0.25) is 0 Å². The summed E-state index contributed by atoms with van der Waals surface area (Å²) < 4.78 is 6.74. The summed E-state index contributed by atoms with van der Waals surface area (Å²) in [7, 11) is 32.5. The van der Waals surface area contributed by atoms with Crippen LogP contribution in [-0.4, -0.2) is 120 Å². The van der Waals surface area contributed by atoms with Gasteiger partial charge in [0.15, 0.2) is 5.58 Å². The van der Waals surface area contributed by atoms with E-state index in [4.69, 9.17) is 14.4 Å². The lowest BCUT2D eigenvalue weighted by atomic mass is 9.61. The topological polar surface area (TPSA) is 38.9 Å². The van der Waals surface area contributed by atoms with Crippen molar-refractivity contribution in [1.29, 1.82) is 0 Å². The average Bonchev–Trinajstić information content (AvgIpc) is 3.92. The zero-order chi connectivity index (χ0) is 49.2. The van der Waals surface area contributed by atoms with Gasteiger partial charge < -0.3 is 4.42 Å². The van der Waals surface area contributed by atoms with Crippen molar-refractivity contribution in [3.05, 3.63) is 95.3 Å². The lowest BCUT2D eigenvalue weighted by Gasteiger charge is -2.29. The van der Waals surface area contributed by atoms with Crippen molar-refractivity contribution in [3.63, 3.8) is 0 Å². The molecule has 0 unspecified atom stereocenters. The van der Waals surface area contributed by atoms with Gasteiger partial charge in [0.25, 0.3) is 0 Å². The van der Waals surface area contributed by atoms with Crippen molar-refractivity contribution in [3.8, 4) is 66.9 Å². The molecular formula is C52H52B14N2O. The van der Waals surface area contributed by atoms with Gasteiger partial charge in [0.1, 0.15) is 133 Å². The molecule has 2 aliphatic carbocycles. The molecule has 2 aromatic heterocycles. The summed E-state index contributed by atoms with van der Waals surface area (Å²) in [6.07, 6.45) is 1.70. The minimum atomic E-state index is -0.125. The van der Waals surface area contributed by atoms with Crippen LogP contribution in [0.3, 0.4) is 0 Å². The van der Waals surface area contributed by atoms with Crippen molar-refractivity contribution >= 4 is 208 Å². The van der Waals surface area contributed by atoms with Gasteiger partial charge in [-0.1, -0.05) is 125 Å². The Morgan fingerprint density at radius 1 is 0.362 bits per heavy atom. The summed E-state index contributed by atoms with van der Waals surface area (Å²) in [6, 6.07) is 24.6. The Morgan fingerprint density at radius 2 is 0.739 bits per heavy atom. The van der Waals surface area contributed by atoms with Crippen LogP contribution in [0.15, 0.2) is 77.5 Å². The van der Waals surface area contributed by atoms with Crippen LogP contribution in [0.25, 0.3) is 89.0 Å². The fourth-order valence-electron chi connectivity index (χ4n) is 14.1. The maximum atomic E-state index is 6.74. The van der Waals surface area contributed by atoms with Crippen LogP contribution in [0, 0.1) is 0 Å². The number of aromatic nitrogens is 2. The van der Waals surface area contributed by atoms with E-state index >= 15 is 0 Å². The first-order chi connectivity index (χ1) is 32.6. The van der Waals surface area contributed by atoms with Crippen LogP contribution in [0.1, 0.15) is 49.9 Å². The third kappa shape index (κ3) is 6.07. The second-order valence-corrected chi connectivity index (χ2v) is 22.1. The second-order valence-electron chi connectivity index (χ2n) is 22.1. The molecule has 2 heterocycles. The maximum absolute atomic E-state index is 6.74. The number of hydrogen-bond donors (Lipinski definition) is 0. The van der Waals surface area contributed by atoms with Gasteiger partial charge in [0.05, 0.1) is 0 Å². The minimum Gasteiger partial charge on any atom is -0.452 e. The maximum Gasteiger partial charge on any atom is 0.180 e. The highest BCUT2D eigenvalue weighted by Crippen LogP contribution is 2.47. The summed E-state index contributed by atoms with van der Waals surface area (Å²) in [5.74, 6) is 0. The molecule has 0 atom stereocenters. The van der Waals surface area contributed by atoms with Gasteiger partial charge in [-0.15, -0.1) is 21.9 Å². The predicted molar refractivity (Wildman–Crippen MR) is 341 cm³/mol. The molecule has 17 heteroatoms. The molecule has 3 nitrogen and oxygen atoms in total. The SMILES string of the molecule is Bc1c(B)c(B)c2c(c1B)-c1c(B)c(B)c(-c3cccc(-c4ccc5oc6c(-c7cccc(-c8c(B)c(B)c9c(c8B)C(C)(C)c8c(B)c(B)c(B)c(B)c8-9)c7)ncnc6c5c4)c3)c(B)c1C2(C)C. The fourth-order valence-corrected chi connectivity index (χ4v) is 14.1. The second kappa shape index (κ2) is 15.4. The number of fused-ring (bicyclic) bond motifs is 9. The first-order valence-electron chi connectivity index (χ1n) is 25.0. The smallest absolute Gasteiger partial charge is 0.180 e. The standard InChI is InChI=1S/C52H52B14N2O/c1-51(2)30-26(28-32(51)42(61)46(65)44(63)40(28)59)38(57)36(55)24(34(30)53)19-8-5-7-17(13-19)18-11-12-23-22(15-18)49-50(69-23)48(67-16-68-49)21-10-6-9-20(14-21)25-35(54)31-27(39(58)37(25)56)29-33(52(31,3)4)43(62)47(66)45(64)41(29)60/h5-16H,53-66H2,1-4H3. The molecule has 9 aromatic rings. The molecule has 0 radical (unpaired) electrons. The van der Waals surface area contributed by atoms with Gasteiger partial charge in [-0.25, -0.2) is 9.97 Å². The van der Waals surface area contributed by atoms with Crippen LogP contribution in [0.4, 0.5) is 0 Å². The van der Waals surface area contributed by atoms with Crippen molar-refractivity contribution in [2.75, 3.05) is 0 Å². The molecule has 0 N–H and O–H groups in total. The molecule has 0 aliphatic heterocycles. The van der Waals surface area contributed by atoms with E-state index in [-0.39, 0.29) is 10.8 Å². The van der Waals surface area contributed by atoms with Gasteiger partial charge >= 0.3 is 0 Å². The quantitative estimate of drug-likeness (QED) is 0.165. The molecule has 69 heavy (non-hydrogen) atoms. The van der Waals surface area contributed by atoms with Crippen LogP contribution >= 0.6 is 0 Å². The van der Waals surface area contributed by atoms with E-state index in [1.165, 1.54) is 149 Å². The molecule has 11 rings (SSSR count). The van der Waals surface area contributed by atoms with Crippen LogP contribution in [0.5, 0.6) is 0 Å². The highest BCUT2D eigenvalue weighted by atomic mass is 16.3. The Bertz CT molecular complexity index is 3860. The van der Waals surface area contributed by atoms with Crippen molar-refractivity contribution in [2.45, 2.75) is 38.5 Å². The van der Waals surface area contributed by atoms with Crippen LogP contribution in [-0.2, 0) is 10.8 Å². The van der Waals surface area contributed by atoms with E-state index in [9.17, 15) is 0 Å². The average molecular weight is 872 g/mol. The highest BCUT2D eigenvalue weighted by molar-refractivity contribution is 6.67. The molecule has 0 saturated carbocycles. The van der Waals surface area contributed by atoms with Gasteiger partial charge in [-0.3, -0.25) is 0 Å². The van der Waals surface area contributed by atoms with Crippen molar-refractivity contribution < 1.29 is 4.42 Å². The summed E-state index contributed by atoms with van der Waals surface area (Å²) >= 11 is 0. The van der Waals surface area contributed by atoms with Crippen molar-refractivity contribution in [1.82, 2.24) is 9.97 Å². The molecule has 0 fully saturated rings. The zero-order valence-corrected chi connectivity index (χ0v) is 44.2. The molecule has 0 spiro atoms. The molecule has 0 bridgehead atoms. The van der Waals surface area contributed by atoms with Gasteiger partial charge in [-0.05, 0) is 102 Å². The molecule has 0 saturated heterocycles. The first kappa shape index (κ1) is 45.8. The number of rotatable bonds is 4. The number of benzene rings is 7. The first-order valence-corrected chi connectivity index (χ1v) is 25.0. The normalized spacial score (nSPS) is 14.0. The third-order valence-corrected chi connectivity index (χ3v) is 18.2. The minimum absolute atomic E-state index is 0.109. The lowest BCUT2D eigenvalue weighted by molar-refractivity contribution is 0.667.